The van der Waals surface area contributed by atoms with Crippen molar-refractivity contribution in [2.24, 2.45) is 5.92 Å². The molecule has 0 saturated heterocycles. The number of aliphatic carboxylic acids is 1. The van der Waals surface area contributed by atoms with Crippen LogP contribution >= 0.6 is 0 Å². The lowest BCUT2D eigenvalue weighted by atomic mass is 9.76. The number of carboxylic acids is 1. The Morgan fingerprint density at radius 1 is 1.29 bits per heavy atom. The van der Waals surface area contributed by atoms with Crippen LogP contribution in [0.2, 0.25) is 0 Å². The van der Waals surface area contributed by atoms with Gasteiger partial charge < -0.3 is 10.6 Å². The summed E-state index contributed by atoms with van der Waals surface area (Å²) < 4.78 is 0. The summed E-state index contributed by atoms with van der Waals surface area (Å²) in [6.45, 7) is 0. The molecule has 0 radical (unpaired) electrons. The van der Waals surface area contributed by atoms with Gasteiger partial charge in [0, 0.05) is 17.2 Å². The molecule has 1 atom stereocenters. The van der Waals surface area contributed by atoms with Crippen molar-refractivity contribution in [3.8, 4) is 0 Å². The van der Waals surface area contributed by atoms with Crippen LogP contribution < -0.4 is 0 Å². The molecule has 0 aliphatic heterocycles. The smallest absolute Gasteiger partial charge is 0.322 e. The van der Waals surface area contributed by atoms with E-state index in [1.165, 1.54) is 12.1 Å². The Labute approximate surface area is 133 Å². The lowest BCUT2D eigenvalue weighted by Gasteiger charge is -2.20. The van der Waals surface area contributed by atoms with Gasteiger partial charge in [0.2, 0.25) is 11.6 Å². The number of Topliss-reactive ketones (excluding diaryl/α,β-unsaturated/α-hetero) is 2. The average Bonchev–Trinajstić information content (AvgIpc) is 2.57. The fraction of sp³-hybridized carbons (Fsp3) is 0.0667. The Balaban J connectivity index is 2.30. The molecule has 24 heavy (non-hydrogen) atoms. The fourth-order valence-corrected chi connectivity index (χ4v) is 2.79. The average molecular weight is 325 g/mol. The summed E-state index contributed by atoms with van der Waals surface area (Å²) in [4.78, 5) is 49.7. The zero-order valence-electron chi connectivity index (χ0n) is 11.8. The number of carboxylic acid groups (broad SMARTS) is 1. The predicted octanol–water partition coefficient (Wildman–Crippen LogP) is 1.21. The van der Waals surface area contributed by atoms with Crippen LogP contribution in [0.15, 0.2) is 41.5 Å². The summed E-state index contributed by atoms with van der Waals surface area (Å²) in [6.07, 6.45) is 2.20. The summed E-state index contributed by atoms with van der Waals surface area (Å²) in [7, 11) is 0. The Morgan fingerprint density at radius 3 is 2.58 bits per heavy atom. The molecule has 1 N–H and O–H groups in total. The van der Waals surface area contributed by atoms with E-state index in [1.807, 2.05) is 0 Å². The molecule has 3 rings (SSSR count). The first-order valence-electron chi connectivity index (χ1n) is 6.63. The Kier molecular flexibility index (Phi) is 3.28. The molecule has 118 valence electrons. The van der Waals surface area contributed by atoms with Gasteiger partial charge in [-0.05, 0) is 6.07 Å². The number of rotatable bonds is 2. The van der Waals surface area contributed by atoms with Crippen LogP contribution in [0.1, 0.15) is 20.7 Å². The Bertz CT molecular complexity index is 965. The molecule has 0 saturated carbocycles. The van der Waals surface area contributed by atoms with Crippen molar-refractivity contribution in [1.29, 1.82) is 0 Å². The van der Waals surface area contributed by atoms with Crippen LogP contribution in [0.25, 0.3) is 5.53 Å². The zero-order chi connectivity index (χ0) is 17.6. The number of carbonyl (C=O) groups is 3. The van der Waals surface area contributed by atoms with Crippen molar-refractivity contribution >= 4 is 28.9 Å². The van der Waals surface area contributed by atoms with Gasteiger partial charge in [-0.15, -0.1) is 0 Å². The molecular formula is C15H7N3O6. The molecule has 0 aromatic heterocycles. The van der Waals surface area contributed by atoms with Crippen LogP contribution in [-0.4, -0.2) is 38.1 Å². The molecule has 1 aromatic carbocycles. The normalized spacial score (nSPS) is 18.8. The first kappa shape index (κ1) is 15.2. The minimum atomic E-state index is -1.40. The van der Waals surface area contributed by atoms with E-state index < -0.39 is 39.8 Å². The summed E-state index contributed by atoms with van der Waals surface area (Å²) in [6, 6.07) is 3.58. The van der Waals surface area contributed by atoms with E-state index in [0.717, 1.165) is 18.2 Å². The molecule has 0 fully saturated rings. The first-order chi connectivity index (χ1) is 11.4. The van der Waals surface area contributed by atoms with E-state index in [-0.39, 0.29) is 22.3 Å². The van der Waals surface area contributed by atoms with Crippen LogP contribution in [0.3, 0.4) is 0 Å². The maximum absolute atomic E-state index is 12.7. The van der Waals surface area contributed by atoms with Crippen LogP contribution in [-0.2, 0) is 4.79 Å². The summed E-state index contributed by atoms with van der Waals surface area (Å²) in [5.41, 5.74) is 6.96. The van der Waals surface area contributed by atoms with Gasteiger partial charge >= 0.3 is 11.7 Å². The highest BCUT2D eigenvalue weighted by molar-refractivity contribution is 6.40. The van der Waals surface area contributed by atoms with Gasteiger partial charge in [-0.1, -0.05) is 18.2 Å². The molecule has 0 heterocycles. The van der Waals surface area contributed by atoms with E-state index in [2.05, 4.69) is 4.79 Å². The number of benzene rings is 1. The van der Waals surface area contributed by atoms with Crippen LogP contribution in [0, 0.1) is 16.0 Å². The van der Waals surface area contributed by atoms with Gasteiger partial charge in [-0.2, -0.15) is 4.79 Å². The van der Waals surface area contributed by atoms with Gasteiger partial charge in [-0.25, -0.2) is 0 Å². The molecule has 1 aromatic rings. The topological polar surface area (TPSA) is 151 Å². The predicted molar refractivity (Wildman–Crippen MR) is 77.7 cm³/mol. The number of nitro groups is 1. The quantitative estimate of drug-likeness (QED) is 0.373. The maximum atomic E-state index is 12.7. The number of carbonyl (C=O) groups excluding carboxylic acids is 2. The second-order valence-electron chi connectivity index (χ2n) is 5.06. The third kappa shape index (κ3) is 1.93. The lowest BCUT2D eigenvalue weighted by Crippen LogP contribution is -2.35. The third-order valence-corrected chi connectivity index (χ3v) is 3.83. The number of fused-ring (bicyclic) bond motifs is 1. The lowest BCUT2D eigenvalue weighted by molar-refractivity contribution is -0.385. The third-order valence-electron chi connectivity index (χ3n) is 3.83. The number of hydrogen-bond acceptors (Lipinski definition) is 5. The van der Waals surface area contributed by atoms with E-state index in [9.17, 15) is 24.5 Å². The minimum Gasteiger partial charge on any atom is -0.480 e. The highest BCUT2D eigenvalue weighted by Gasteiger charge is 2.46. The Morgan fingerprint density at radius 2 is 2.00 bits per heavy atom. The van der Waals surface area contributed by atoms with Crippen molar-refractivity contribution in [1.82, 2.24) is 0 Å². The maximum Gasteiger partial charge on any atom is 0.322 e. The van der Waals surface area contributed by atoms with E-state index in [0.29, 0.717) is 0 Å². The van der Waals surface area contributed by atoms with E-state index in [1.54, 1.807) is 0 Å². The molecule has 2 aliphatic rings. The van der Waals surface area contributed by atoms with E-state index >= 15 is 0 Å². The zero-order valence-corrected chi connectivity index (χ0v) is 11.8. The molecule has 2 aliphatic carbocycles. The van der Waals surface area contributed by atoms with Crippen molar-refractivity contribution in [3.63, 3.8) is 0 Å². The molecule has 9 nitrogen and oxygen atoms in total. The van der Waals surface area contributed by atoms with Crippen LogP contribution in [0.5, 0.6) is 0 Å². The highest BCUT2D eigenvalue weighted by atomic mass is 16.6. The highest BCUT2D eigenvalue weighted by Crippen LogP contribution is 2.36. The van der Waals surface area contributed by atoms with Gasteiger partial charge in [0.25, 0.3) is 5.69 Å². The number of nitro benzene ring substituents is 1. The first-order valence-corrected chi connectivity index (χ1v) is 6.63. The second kappa shape index (κ2) is 5.18. The standard InChI is InChI=1S/C15H7N3O6/c16-17-12-8(15(21)22)5-4-7-11(12)14(20)6-2-1-3-9(18(23)24)10(6)13(7)19/h1-5,8H,(H,21,22). The molecule has 0 spiro atoms. The van der Waals surface area contributed by atoms with Gasteiger partial charge in [0.05, 0.1) is 4.92 Å². The SMILES string of the molecule is [N-]=[N+]=C1C2=C(C=CC1C(=O)O)C(=O)c1c(cccc1[N+](=O)[O-])C2=O. The van der Waals surface area contributed by atoms with Crippen molar-refractivity contribution in [2.75, 3.05) is 0 Å². The molecule has 9 heteroatoms. The number of nitrogens with zero attached hydrogens (tertiary/aromatic N) is 3. The summed E-state index contributed by atoms with van der Waals surface area (Å²) >= 11 is 0. The largest absolute Gasteiger partial charge is 0.480 e. The van der Waals surface area contributed by atoms with Crippen molar-refractivity contribution in [3.05, 3.63) is 68.3 Å². The fourth-order valence-electron chi connectivity index (χ4n) is 2.79. The number of hydrogen-bond donors (Lipinski definition) is 1. The van der Waals surface area contributed by atoms with Crippen molar-refractivity contribution < 1.29 is 29.2 Å². The van der Waals surface area contributed by atoms with E-state index in [4.69, 9.17) is 10.6 Å². The monoisotopic (exact) mass is 325 g/mol. The number of allylic oxidation sites excluding steroid dienone is 3. The number of ketones is 2. The van der Waals surface area contributed by atoms with Gasteiger partial charge in [-0.3, -0.25) is 24.5 Å². The van der Waals surface area contributed by atoms with Gasteiger partial charge in [0.15, 0.2) is 5.92 Å². The van der Waals surface area contributed by atoms with Crippen LogP contribution in [0.4, 0.5) is 5.69 Å². The van der Waals surface area contributed by atoms with Crippen molar-refractivity contribution in [2.45, 2.75) is 0 Å². The van der Waals surface area contributed by atoms with Gasteiger partial charge in [0.1, 0.15) is 11.1 Å². The molecule has 0 amide bonds. The minimum absolute atomic E-state index is 0.228. The second-order valence-corrected chi connectivity index (χ2v) is 5.06. The summed E-state index contributed by atoms with van der Waals surface area (Å²) in [5, 5.41) is 20.3. The molecular weight excluding hydrogens is 318 g/mol. The Hall–Kier alpha value is -3.71. The summed E-state index contributed by atoms with van der Waals surface area (Å²) in [5.74, 6) is -4.36. The molecule has 1 unspecified atom stereocenters. The molecule has 0 bridgehead atoms.